The number of hydrogen-bond acceptors (Lipinski definition) is 2. The first-order chi connectivity index (χ1) is 8.29. The molecule has 3 heteroatoms. The van der Waals surface area contributed by atoms with Gasteiger partial charge in [-0.25, -0.2) is 0 Å². The van der Waals surface area contributed by atoms with Gasteiger partial charge in [-0.15, -0.1) is 0 Å². The molecule has 1 aliphatic carbocycles. The van der Waals surface area contributed by atoms with Crippen LogP contribution in [0.25, 0.3) is 0 Å². The Balaban J connectivity index is 1.92. The van der Waals surface area contributed by atoms with Crippen LogP contribution < -0.4 is 4.74 Å². The molecule has 0 unspecified atom stereocenters. The maximum Gasteiger partial charge on any atom is 0.122 e. The summed E-state index contributed by atoms with van der Waals surface area (Å²) >= 11 is 0. The van der Waals surface area contributed by atoms with Gasteiger partial charge < -0.3 is 4.74 Å². The van der Waals surface area contributed by atoms with Crippen molar-refractivity contribution >= 4 is 10.8 Å². The molecule has 1 saturated carbocycles. The van der Waals surface area contributed by atoms with E-state index in [4.69, 9.17) is 4.74 Å². The number of hydrogen-bond donors (Lipinski definition) is 0. The van der Waals surface area contributed by atoms with Crippen molar-refractivity contribution in [2.24, 2.45) is 5.92 Å². The summed E-state index contributed by atoms with van der Waals surface area (Å²) in [5.41, 5.74) is 1.06. The highest BCUT2D eigenvalue weighted by Gasteiger charge is 2.18. The van der Waals surface area contributed by atoms with Gasteiger partial charge >= 0.3 is 0 Å². The van der Waals surface area contributed by atoms with Crippen molar-refractivity contribution < 1.29 is 8.95 Å². The molecule has 2 nitrogen and oxygen atoms in total. The van der Waals surface area contributed by atoms with E-state index in [2.05, 4.69) is 0 Å². The van der Waals surface area contributed by atoms with Gasteiger partial charge in [0.2, 0.25) is 0 Å². The fourth-order valence-electron chi connectivity index (χ4n) is 2.49. The molecular formula is C14H20O2S. The van der Waals surface area contributed by atoms with Crippen molar-refractivity contribution in [3.8, 4) is 5.75 Å². The Morgan fingerprint density at radius 3 is 2.71 bits per heavy atom. The predicted molar refractivity (Wildman–Crippen MR) is 71.7 cm³/mol. The largest absolute Gasteiger partial charge is 0.496 e. The third-order valence-electron chi connectivity index (χ3n) is 3.41. The highest BCUT2D eigenvalue weighted by atomic mass is 32.2. The van der Waals surface area contributed by atoms with Gasteiger partial charge in [0.25, 0.3) is 0 Å². The maximum absolute atomic E-state index is 12.1. The standard InChI is InChI=1S/C14H20O2S/c1-16-14-9-5-4-8-13(14)11-17(15)10-12-6-2-3-7-12/h4-5,8-9,12H,2-3,6-7,10-11H2,1H3/t17-/m0/s1. The SMILES string of the molecule is COc1ccccc1C[S@@](=O)CC1CCCC1. The molecule has 1 aromatic carbocycles. The summed E-state index contributed by atoms with van der Waals surface area (Å²) in [6.07, 6.45) is 5.16. The Morgan fingerprint density at radius 1 is 1.29 bits per heavy atom. The summed E-state index contributed by atoms with van der Waals surface area (Å²) in [5, 5.41) is 0. The number of para-hydroxylation sites is 1. The third-order valence-corrected chi connectivity index (χ3v) is 4.88. The lowest BCUT2D eigenvalue weighted by molar-refractivity contribution is 0.411. The topological polar surface area (TPSA) is 26.3 Å². The number of ether oxygens (including phenoxy) is 1. The van der Waals surface area contributed by atoms with Crippen LogP contribution in [-0.2, 0) is 16.6 Å². The Labute approximate surface area is 106 Å². The van der Waals surface area contributed by atoms with Gasteiger partial charge in [0.15, 0.2) is 0 Å². The summed E-state index contributed by atoms with van der Waals surface area (Å²) in [4.78, 5) is 0. The monoisotopic (exact) mass is 252 g/mol. The molecule has 17 heavy (non-hydrogen) atoms. The lowest BCUT2D eigenvalue weighted by Gasteiger charge is -2.10. The fourth-order valence-corrected chi connectivity index (χ4v) is 4.06. The van der Waals surface area contributed by atoms with Crippen LogP contribution in [0, 0.1) is 5.92 Å². The molecule has 0 aliphatic heterocycles. The van der Waals surface area contributed by atoms with Gasteiger partial charge in [-0.2, -0.15) is 0 Å². The van der Waals surface area contributed by atoms with E-state index in [9.17, 15) is 4.21 Å². The molecule has 0 radical (unpaired) electrons. The Bertz CT molecular complexity index is 384. The van der Waals surface area contributed by atoms with Crippen LogP contribution in [0.4, 0.5) is 0 Å². The average Bonchev–Trinajstić information content (AvgIpc) is 2.82. The van der Waals surface area contributed by atoms with Gasteiger partial charge in [-0.05, 0) is 24.8 Å². The molecule has 0 N–H and O–H groups in total. The van der Waals surface area contributed by atoms with Crippen molar-refractivity contribution in [2.75, 3.05) is 12.9 Å². The van der Waals surface area contributed by atoms with Crippen LogP contribution in [0.15, 0.2) is 24.3 Å². The Hall–Kier alpha value is -0.830. The van der Waals surface area contributed by atoms with Gasteiger partial charge in [-0.1, -0.05) is 31.0 Å². The van der Waals surface area contributed by atoms with E-state index in [1.807, 2.05) is 24.3 Å². The van der Waals surface area contributed by atoms with Crippen molar-refractivity contribution in [1.29, 1.82) is 0 Å². The summed E-state index contributed by atoms with van der Waals surface area (Å²) < 4.78 is 17.4. The Kier molecular flexibility index (Phi) is 4.60. The molecule has 0 heterocycles. The third kappa shape index (κ3) is 3.56. The second kappa shape index (κ2) is 6.20. The van der Waals surface area contributed by atoms with E-state index in [0.29, 0.717) is 11.7 Å². The van der Waals surface area contributed by atoms with Crippen LogP contribution >= 0.6 is 0 Å². The highest BCUT2D eigenvalue weighted by Crippen LogP contribution is 2.26. The van der Waals surface area contributed by atoms with Crippen LogP contribution in [0.1, 0.15) is 31.2 Å². The molecular weight excluding hydrogens is 232 g/mol. The normalized spacial score (nSPS) is 18.2. The number of benzene rings is 1. The van der Waals surface area contributed by atoms with E-state index in [1.165, 1.54) is 25.7 Å². The summed E-state index contributed by atoms with van der Waals surface area (Å²) in [6, 6.07) is 7.86. The van der Waals surface area contributed by atoms with E-state index >= 15 is 0 Å². The first-order valence-corrected chi connectivity index (χ1v) is 7.75. The minimum absolute atomic E-state index is 0.626. The van der Waals surface area contributed by atoms with Gasteiger partial charge in [0.1, 0.15) is 5.75 Å². The molecule has 94 valence electrons. The summed E-state index contributed by atoms with van der Waals surface area (Å²) in [7, 11) is 0.913. The van der Waals surface area contributed by atoms with E-state index < -0.39 is 10.8 Å². The minimum atomic E-state index is -0.753. The minimum Gasteiger partial charge on any atom is -0.496 e. The van der Waals surface area contributed by atoms with Crippen molar-refractivity contribution in [3.63, 3.8) is 0 Å². The van der Waals surface area contributed by atoms with Crippen LogP contribution in [0.5, 0.6) is 5.75 Å². The van der Waals surface area contributed by atoms with E-state index in [0.717, 1.165) is 17.1 Å². The maximum atomic E-state index is 12.1. The molecule has 0 aromatic heterocycles. The van der Waals surface area contributed by atoms with Gasteiger partial charge in [-0.3, -0.25) is 4.21 Å². The quantitative estimate of drug-likeness (QED) is 0.804. The zero-order valence-electron chi connectivity index (χ0n) is 10.4. The van der Waals surface area contributed by atoms with Crippen LogP contribution in [0.3, 0.4) is 0 Å². The highest BCUT2D eigenvalue weighted by molar-refractivity contribution is 7.84. The molecule has 1 aliphatic rings. The predicted octanol–water partition coefficient (Wildman–Crippen LogP) is 3.13. The second-order valence-electron chi connectivity index (χ2n) is 4.71. The average molecular weight is 252 g/mol. The fraction of sp³-hybridized carbons (Fsp3) is 0.571. The second-order valence-corrected chi connectivity index (χ2v) is 6.21. The molecule has 1 aromatic rings. The molecule has 0 spiro atoms. The van der Waals surface area contributed by atoms with Crippen LogP contribution in [0.2, 0.25) is 0 Å². The summed E-state index contributed by atoms with van der Waals surface area (Å²) in [5.74, 6) is 3.02. The van der Waals surface area contributed by atoms with Crippen molar-refractivity contribution in [1.82, 2.24) is 0 Å². The molecule has 0 amide bonds. The van der Waals surface area contributed by atoms with Crippen LogP contribution in [-0.4, -0.2) is 17.1 Å². The van der Waals surface area contributed by atoms with Gasteiger partial charge in [0.05, 0.1) is 12.9 Å². The van der Waals surface area contributed by atoms with Crippen molar-refractivity contribution in [3.05, 3.63) is 29.8 Å². The lowest BCUT2D eigenvalue weighted by Crippen LogP contribution is -2.09. The molecule has 1 atom stereocenters. The number of methoxy groups -OCH3 is 1. The molecule has 0 bridgehead atoms. The smallest absolute Gasteiger partial charge is 0.122 e. The zero-order valence-corrected chi connectivity index (χ0v) is 11.2. The Morgan fingerprint density at radius 2 is 2.00 bits per heavy atom. The first-order valence-electron chi connectivity index (χ1n) is 6.26. The van der Waals surface area contributed by atoms with E-state index in [1.54, 1.807) is 7.11 Å². The molecule has 2 rings (SSSR count). The molecule has 0 saturated heterocycles. The molecule has 1 fully saturated rings. The number of rotatable bonds is 5. The van der Waals surface area contributed by atoms with E-state index in [-0.39, 0.29) is 0 Å². The van der Waals surface area contributed by atoms with Crippen molar-refractivity contribution in [2.45, 2.75) is 31.4 Å². The lowest BCUT2D eigenvalue weighted by atomic mass is 10.1. The van der Waals surface area contributed by atoms with Gasteiger partial charge in [0, 0.05) is 22.1 Å². The first kappa shape index (κ1) is 12.6. The summed E-state index contributed by atoms with van der Waals surface area (Å²) in [6.45, 7) is 0. The zero-order chi connectivity index (χ0) is 12.1.